The topological polar surface area (TPSA) is 50.1 Å². The first kappa shape index (κ1) is 11.7. The molecule has 0 saturated carbocycles. The minimum Gasteiger partial charge on any atom is -0.496 e. The van der Waals surface area contributed by atoms with E-state index in [1.165, 1.54) is 13.2 Å². The summed E-state index contributed by atoms with van der Waals surface area (Å²) in [6.07, 6.45) is 0. The van der Waals surface area contributed by atoms with Gasteiger partial charge in [-0.2, -0.15) is 5.26 Å². The molecule has 0 aliphatic carbocycles. The number of nitrogens with zero attached hydrogens (tertiary/aromatic N) is 1. The third-order valence-corrected chi connectivity index (χ3v) is 2.34. The van der Waals surface area contributed by atoms with E-state index in [1.807, 2.05) is 0 Å². The van der Waals surface area contributed by atoms with Crippen molar-refractivity contribution in [1.29, 1.82) is 5.26 Å². The van der Waals surface area contributed by atoms with Crippen LogP contribution in [-0.2, 0) is 0 Å². The van der Waals surface area contributed by atoms with Crippen LogP contribution in [0, 0.1) is 17.1 Å². The van der Waals surface area contributed by atoms with Crippen LogP contribution in [0.25, 0.3) is 0 Å². The molecule has 1 aromatic carbocycles. The van der Waals surface area contributed by atoms with E-state index in [9.17, 15) is 9.18 Å². The number of ketones is 1. The number of Topliss-reactive ketones (excluding diaryl/α,β-unsaturated/α-hetero) is 1. The van der Waals surface area contributed by atoms with Crippen molar-refractivity contribution < 1.29 is 13.9 Å². The lowest BCUT2D eigenvalue weighted by Gasteiger charge is -2.07. The minimum absolute atomic E-state index is 0.0781. The van der Waals surface area contributed by atoms with Gasteiger partial charge >= 0.3 is 0 Å². The SMILES string of the molecule is COc1cc(C#N)c(F)cc1C(=O)CBr. The standard InChI is InChI=1S/C10H7BrFNO2/c1-15-10-2-6(5-13)8(12)3-7(10)9(14)4-11/h2-3H,4H2,1H3. The van der Waals surface area contributed by atoms with E-state index in [2.05, 4.69) is 15.9 Å². The Bertz CT molecular complexity index is 440. The van der Waals surface area contributed by atoms with Crippen LogP contribution in [0.4, 0.5) is 4.39 Å². The monoisotopic (exact) mass is 271 g/mol. The maximum absolute atomic E-state index is 13.2. The van der Waals surface area contributed by atoms with Crippen molar-refractivity contribution in [2.24, 2.45) is 0 Å². The van der Waals surface area contributed by atoms with Crippen LogP contribution >= 0.6 is 15.9 Å². The van der Waals surface area contributed by atoms with Crippen molar-refractivity contribution in [1.82, 2.24) is 0 Å². The summed E-state index contributed by atoms with van der Waals surface area (Å²) in [5, 5.41) is 8.66. The van der Waals surface area contributed by atoms with Gasteiger partial charge in [-0.05, 0) is 6.07 Å². The average molecular weight is 272 g/mol. The van der Waals surface area contributed by atoms with Crippen LogP contribution in [0.15, 0.2) is 12.1 Å². The van der Waals surface area contributed by atoms with Crippen molar-refractivity contribution in [3.05, 3.63) is 29.1 Å². The Kier molecular flexibility index (Phi) is 3.81. The first-order valence-electron chi connectivity index (χ1n) is 4.00. The number of halogens is 2. The molecule has 15 heavy (non-hydrogen) atoms. The number of hydrogen-bond acceptors (Lipinski definition) is 3. The van der Waals surface area contributed by atoms with Crippen LogP contribution in [0.1, 0.15) is 15.9 Å². The van der Waals surface area contributed by atoms with Gasteiger partial charge in [0.1, 0.15) is 17.6 Å². The summed E-state index contributed by atoms with van der Waals surface area (Å²) in [4.78, 5) is 11.4. The molecule has 78 valence electrons. The summed E-state index contributed by atoms with van der Waals surface area (Å²) in [5.74, 6) is -0.810. The summed E-state index contributed by atoms with van der Waals surface area (Å²) >= 11 is 2.98. The van der Waals surface area contributed by atoms with Crippen LogP contribution in [0.3, 0.4) is 0 Å². The van der Waals surface area contributed by atoms with Gasteiger partial charge < -0.3 is 4.74 Å². The van der Waals surface area contributed by atoms with Crippen LogP contribution in [-0.4, -0.2) is 18.2 Å². The Labute approximate surface area is 94.6 Å². The second-order valence-corrected chi connectivity index (χ2v) is 3.26. The predicted octanol–water partition coefficient (Wildman–Crippen LogP) is 2.28. The number of nitriles is 1. The molecule has 0 radical (unpaired) electrons. The van der Waals surface area contributed by atoms with Gasteiger partial charge in [-0.1, -0.05) is 15.9 Å². The Morgan fingerprint density at radius 3 is 2.80 bits per heavy atom. The molecular formula is C10H7BrFNO2. The van der Waals surface area contributed by atoms with E-state index in [1.54, 1.807) is 6.07 Å². The van der Waals surface area contributed by atoms with Crippen molar-refractivity contribution in [3.8, 4) is 11.8 Å². The smallest absolute Gasteiger partial charge is 0.177 e. The van der Waals surface area contributed by atoms with Gasteiger partial charge in [0.2, 0.25) is 0 Å². The van der Waals surface area contributed by atoms with Crippen molar-refractivity contribution in [2.45, 2.75) is 0 Å². The molecule has 0 atom stereocenters. The van der Waals surface area contributed by atoms with Gasteiger partial charge in [-0.3, -0.25) is 4.79 Å². The number of carbonyl (C=O) groups is 1. The van der Waals surface area contributed by atoms with Crippen LogP contribution in [0.5, 0.6) is 5.75 Å². The molecule has 0 amide bonds. The second kappa shape index (κ2) is 4.89. The number of rotatable bonds is 3. The lowest BCUT2D eigenvalue weighted by atomic mass is 10.1. The fourth-order valence-electron chi connectivity index (χ4n) is 1.10. The van der Waals surface area contributed by atoms with Gasteiger partial charge in [0.05, 0.1) is 23.6 Å². The van der Waals surface area contributed by atoms with Crippen molar-refractivity contribution >= 4 is 21.7 Å². The summed E-state index contributed by atoms with van der Waals surface area (Å²) in [7, 11) is 1.36. The molecule has 0 aromatic heterocycles. The molecule has 1 aromatic rings. The first-order valence-corrected chi connectivity index (χ1v) is 5.13. The Balaban J connectivity index is 3.35. The predicted molar refractivity (Wildman–Crippen MR) is 55.8 cm³/mol. The zero-order chi connectivity index (χ0) is 11.4. The summed E-state index contributed by atoms with van der Waals surface area (Å²) in [6, 6.07) is 3.90. The van der Waals surface area contributed by atoms with Crippen molar-refractivity contribution in [2.75, 3.05) is 12.4 Å². The Morgan fingerprint density at radius 1 is 1.67 bits per heavy atom. The summed E-state index contributed by atoms with van der Waals surface area (Å²) in [5.41, 5.74) is -0.0103. The normalized spacial score (nSPS) is 9.47. The number of benzene rings is 1. The third kappa shape index (κ3) is 2.34. The maximum atomic E-state index is 13.2. The molecule has 0 fully saturated rings. The molecule has 0 saturated heterocycles. The Hall–Kier alpha value is -1.41. The largest absolute Gasteiger partial charge is 0.496 e. The Morgan fingerprint density at radius 2 is 2.33 bits per heavy atom. The zero-order valence-electron chi connectivity index (χ0n) is 7.88. The first-order chi connectivity index (χ1) is 7.13. The molecule has 0 aliphatic rings. The van der Waals surface area contributed by atoms with Crippen LogP contribution in [0.2, 0.25) is 0 Å². The van der Waals surface area contributed by atoms with Gasteiger partial charge in [0, 0.05) is 6.07 Å². The number of ether oxygens (including phenoxy) is 1. The molecule has 0 bridgehead atoms. The lowest BCUT2D eigenvalue weighted by molar-refractivity contribution is 0.102. The lowest BCUT2D eigenvalue weighted by Crippen LogP contribution is -2.04. The van der Waals surface area contributed by atoms with Gasteiger partial charge in [0.25, 0.3) is 0 Å². The van der Waals surface area contributed by atoms with Crippen LogP contribution < -0.4 is 4.74 Å². The fourth-order valence-corrected chi connectivity index (χ4v) is 1.40. The summed E-state index contributed by atoms with van der Waals surface area (Å²) < 4.78 is 18.1. The van der Waals surface area contributed by atoms with Crippen molar-refractivity contribution in [3.63, 3.8) is 0 Å². The number of methoxy groups -OCH3 is 1. The van der Waals surface area contributed by atoms with Gasteiger partial charge in [0.15, 0.2) is 5.78 Å². The van der Waals surface area contributed by atoms with E-state index in [-0.39, 0.29) is 28.0 Å². The highest BCUT2D eigenvalue weighted by Crippen LogP contribution is 2.23. The molecule has 5 heteroatoms. The average Bonchev–Trinajstić information content (AvgIpc) is 2.27. The molecular weight excluding hydrogens is 265 g/mol. The van der Waals surface area contributed by atoms with E-state index in [0.717, 1.165) is 6.07 Å². The highest BCUT2D eigenvalue weighted by molar-refractivity contribution is 9.09. The van der Waals surface area contributed by atoms with E-state index in [0.29, 0.717) is 0 Å². The molecule has 0 spiro atoms. The quantitative estimate of drug-likeness (QED) is 0.626. The molecule has 0 heterocycles. The second-order valence-electron chi connectivity index (χ2n) is 2.70. The maximum Gasteiger partial charge on any atom is 0.177 e. The van der Waals surface area contributed by atoms with Gasteiger partial charge in [-0.25, -0.2) is 4.39 Å². The van der Waals surface area contributed by atoms with E-state index >= 15 is 0 Å². The molecule has 0 aliphatic heterocycles. The van der Waals surface area contributed by atoms with E-state index in [4.69, 9.17) is 10.00 Å². The molecule has 0 unspecified atom stereocenters. The number of carbonyl (C=O) groups excluding carboxylic acids is 1. The van der Waals surface area contributed by atoms with Gasteiger partial charge in [-0.15, -0.1) is 0 Å². The highest BCUT2D eigenvalue weighted by atomic mass is 79.9. The summed E-state index contributed by atoms with van der Waals surface area (Å²) in [6.45, 7) is 0. The minimum atomic E-state index is -0.720. The zero-order valence-corrected chi connectivity index (χ0v) is 9.47. The number of alkyl halides is 1. The van der Waals surface area contributed by atoms with E-state index < -0.39 is 5.82 Å². The fraction of sp³-hybridized carbons (Fsp3) is 0.200. The molecule has 1 rings (SSSR count). The molecule has 0 N–H and O–H groups in total. The third-order valence-electron chi connectivity index (χ3n) is 1.83. The number of hydrogen-bond donors (Lipinski definition) is 0. The highest BCUT2D eigenvalue weighted by Gasteiger charge is 2.15. The molecule has 3 nitrogen and oxygen atoms in total.